The molecule has 14 heavy (non-hydrogen) atoms. The number of carbonyl (C=O) groups is 1. The van der Waals surface area contributed by atoms with Crippen LogP contribution in [0, 0.1) is 0 Å². The summed E-state index contributed by atoms with van der Waals surface area (Å²) in [4.78, 5) is 10.9. The zero-order valence-corrected chi connectivity index (χ0v) is 10.2. The molecule has 2 atom stereocenters. The zero-order valence-electron chi connectivity index (χ0n) is 9.18. The van der Waals surface area contributed by atoms with Crippen LogP contribution in [0.15, 0.2) is 0 Å². The van der Waals surface area contributed by atoms with Crippen LogP contribution < -0.4 is 0 Å². The van der Waals surface area contributed by atoms with Gasteiger partial charge in [-0.05, 0) is 32.4 Å². The van der Waals surface area contributed by atoms with Crippen molar-refractivity contribution in [2.24, 2.45) is 0 Å². The van der Waals surface area contributed by atoms with E-state index in [1.165, 1.54) is 6.92 Å². The molecule has 0 spiro atoms. The smallest absolute Gasteiger partial charge is 0.302 e. The van der Waals surface area contributed by atoms with E-state index in [4.69, 9.17) is 4.74 Å². The van der Waals surface area contributed by atoms with Crippen molar-refractivity contribution in [1.82, 2.24) is 0 Å². The summed E-state index contributed by atoms with van der Waals surface area (Å²) in [5.41, 5.74) is 0.000139. The molecule has 2 nitrogen and oxygen atoms in total. The van der Waals surface area contributed by atoms with E-state index in [1.807, 2.05) is 0 Å². The quantitative estimate of drug-likeness (QED) is 0.404. The molecule has 0 heterocycles. The van der Waals surface area contributed by atoms with Crippen LogP contribution in [-0.2, 0) is 9.53 Å². The van der Waals surface area contributed by atoms with Crippen LogP contribution in [0.25, 0.3) is 0 Å². The molecule has 0 N–H and O–H groups in total. The van der Waals surface area contributed by atoms with E-state index in [1.54, 1.807) is 13.1 Å². The van der Waals surface area contributed by atoms with Gasteiger partial charge in [0.25, 0.3) is 0 Å². The normalized spacial score (nSPS) is 28.6. The van der Waals surface area contributed by atoms with E-state index >= 15 is 0 Å². The maximum atomic E-state index is 13.9. The Hall–Kier alpha value is -0.383. The van der Waals surface area contributed by atoms with Crippen LogP contribution in [-0.4, -0.2) is 20.5 Å². The molecule has 0 bridgehead atoms. The number of esters is 1. The number of hydrogen-bond donors (Lipinski definition) is 0. The largest absolute Gasteiger partial charge is 0.462 e. The first-order valence-corrected chi connectivity index (χ1v) is 8.23. The summed E-state index contributed by atoms with van der Waals surface area (Å²) in [6.07, 6.45) is 3.69. The topological polar surface area (TPSA) is 26.3 Å². The van der Waals surface area contributed by atoms with Gasteiger partial charge in [-0.3, -0.25) is 4.79 Å². The first-order chi connectivity index (χ1) is 6.41. The van der Waals surface area contributed by atoms with Gasteiger partial charge in [0, 0.05) is 12.5 Å². The van der Waals surface area contributed by atoms with Gasteiger partial charge in [0.05, 0.1) is 0 Å². The van der Waals surface area contributed by atoms with Crippen molar-refractivity contribution in [3.05, 3.63) is 0 Å². The van der Waals surface area contributed by atoms with Crippen LogP contribution in [0.1, 0.15) is 32.6 Å². The summed E-state index contributed by atoms with van der Waals surface area (Å²) in [7, 11) is -2.66. The Morgan fingerprint density at radius 2 is 1.93 bits per heavy atom. The fourth-order valence-electron chi connectivity index (χ4n) is 2.24. The standard InChI is InChI=1S/C10H19FO2Si/c1-8(12)13-9-6-4-5-7-10(9)14(2,3)11/h9-10H,4-7H2,1-3H3/t9-,10-/m0/s1. The highest BCUT2D eigenvalue weighted by Gasteiger charge is 2.41. The second-order valence-electron chi connectivity index (χ2n) is 4.60. The van der Waals surface area contributed by atoms with Crippen molar-refractivity contribution in [3.8, 4) is 0 Å². The third-order valence-electron chi connectivity index (χ3n) is 2.90. The minimum Gasteiger partial charge on any atom is -0.462 e. The lowest BCUT2D eigenvalue weighted by atomic mass is 9.97. The van der Waals surface area contributed by atoms with E-state index in [0.29, 0.717) is 0 Å². The zero-order chi connectivity index (χ0) is 10.8. The highest BCUT2D eigenvalue weighted by atomic mass is 28.4. The molecule has 0 saturated heterocycles. The number of carbonyl (C=O) groups excluding carboxylic acids is 1. The first-order valence-electron chi connectivity index (χ1n) is 5.27. The van der Waals surface area contributed by atoms with Gasteiger partial charge in [-0.1, -0.05) is 6.42 Å². The van der Waals surface area contributed by atoms with E-state index in [0.717, 1.165) is 25.7 Å². The fraction of sp³-hybridized carbons (Fsp3) is 0.900. The van der Waals surface area contributed by atoms with Gasteiger partial charge < -0.3 is 8.84 Å². The number of ether oxygens (including phenoxy) is 1. The van der Waals surface area contributed by atoms with Gasteiger partial charge in [-0.25, -0.2) is 0 Å². The molecule has 0 aliphatic heterocycles. The first kappa shape index (κ1) is 11.7. The van der Waals surface area contributed by atoms with E-state index < -0.39 is 8.41 Å². The average molecular weight is 218 g/mol. The Labute approximate surface area is 86.0 Å². The van der Waals surface area contributed by atoms with Crippen molar-refractivity contribution < 1.29 is 13.6 Å². The van der Waals surface area contributed by atoms with Gasteiger partial charge in [0.2, 0.25) is 8.41 Å². The number of hydrogen-bond acceptors (Lipinski definition) is 2. The van der Waals surface area contributed by atoms with Gasteiger partial charge >= 0.3 is 5.97 Å². The predicted molar refractivity (Wildman–Crippen MR) is 56.4 cm³/mol. The molecule has 1 aliphatic carbocycles. The lowest BCUT2D eigenvalue weighted by molar-refractivity contribution is -0.147. The molecule has 0 amide bonds. The van der Waals surface area contributed by atoms with Crippen molar-refractivity contribution in [3.63, 3.8) is 0 Å². The molecule has 0 aromatic carbocycles. The lowest BCUT2D eigenvalue weighted by Gasteiger charge is -2.35. The molecule has 1 aliphatic rings. The Balaban J connectivity index is 2.64. The van der Waals surface area contributed by atoms with E-state index in [-0.39, 0.29) is 17.6 Å². The third kappa shape index (κ3) is 3.08. The number of halogens is 1. The second kappa shape index (κ2) is 4.42. The maximum absolute atomic E-state index is 13.9. The van der Waals surface area contributed by atoms with E-state index in [2.05, 4.69) is 0 Å². The predicted octanol–water partition coefficient (Wildman–Crippen LogP) is 3.04. The van der Waals surface area contributed by atoms with Gasteiger partial charge in [0.15, 0.2) is 0 Å². The fourth-order valence-corrected chi connectivity index (χ4v) is 4.25. The second-order valence-corrected chi connectivity index (χ2v) is 8.47. The summed E-state index contributed by atoms with van der Waals surface area (Å²) in [6, 6.07) is 0. The Bertz CT molecular complexity index is 213. The Morgan fingerprint density at radius 3 is 2.43 bits per heavy atom. The summed E-state index contributed by atoms with van der Waals surface area (Å²) in [5.74, 6) is -0.278. The summed E-state index contributed by atoms with van der Waals surface area (Å²) < 4.78 is 19.1. The molecule has 0 aromatic heterocycles. The Morgan fingerprint density at radius 1 is 1.36 bits per heavy atom. The van der Waals surface area contributed by atoms with Crippen LogP contribution in [0.4, 0.5) is 4.11 Å². The highest BCUT2D eigenvalue weighted by molar-refractivity contribution is 6.72. The highest BCUT2D eigenvalue weighted by Crippen LogP contribution is 2.39. The van der Waals surface area contributed by atoms with Crippen LogP contribution >= 0.6 is 0 Å². The summed E-state index contributed by atoms with van der Waals surface area (Å²) >= 11 is 0. The summed E-state index contributed by atoms with van der Waals surface area (Å²) in [6.45, 7) is 4.82. The molecule has 0 unspecified atom stereocenters. The van der Waals surface area contributed by atoms with Gasteiger partial charge in [0.1, 0.15) is 6.10 Å². The molecular formula is C10H19FO2Si. The molecule has 0 aromatic rings. The molecule has 1 saturated carbocycles. The van der Waals surface area contributed by atoms with Gasteiger partial charge in [-0.2, -0.15) is 0 Å². The van der Waals surface area contributed by atoms with Crippen molar-refractivity contribution in [2.45, 2.75) is 57.3 Å². The molecule has 1 rings (SSSR count). The summed E-state index contributed by atoms with van der Waals surface area (Å²) in [5, 5.41) is 0. The Kier molecular flexibility index (Phi) is 3.69. The minimum atomic E-state index is -2.66. The van der Waals surface area contributed by atoms with Crippen LogP contribution in [0.2, 0.25) is 18.6 Å². The van der Waals surface area contributed by atoms with Crippen molar-refractivity contribution in [2.75, 3.05) is 0 Å². The maximum Gasteiger partial charge on any atom is 0.302 e. The average Bonchev–Trinajstić information content (AvgIpc) is 2.01. The SMILES string of the molecule is CC(=O)O[C@H]1CCCC[C@@H]1[Si](C)(C)F. The molecule has 1 fully saturated rings. The molecule has 0 radical (unpaired) electrons. The third-order valence-corrected chi connectivity index (χ3v) is 5.33. The van der Waals surface area contributed by atoms with Crippen molar-refractivity contribution >= 4 is 14.4 Å². The molecular weight excluding hydrogens is 199 g/mol. The minimum absolute atomic E-state index is 0.000139. The van der Waals surface area contributed by atoms with Gasteiger partial charge in [-0.15, -0.1) is 0 Å². The molecule has 4 heteroatoms. The van der Waals surface area contributed by atoms with Crippen LogP contribution in [0.5, 0.6) is 0 Å². The lowest BCUT2D eigenvalue weighted by Crippen LogP contribution is -2.39. The molecule has 82 valence electrons. The van der Waals surface area contributed by atoms with Crippen molar-refractivity contribution in [1.29, 1.82) is 0 Å². The number of rotatable bonds is 2. The monoisotopic (exact) mass is 218 g/mol. The van der Waals surface area contributed by atoms with E-state index in [9.17, 15) is 8.90 Å². The van der Waals surface area contributed by atoms with Crippen LogP contribution in [0.3, 0.4) is 0 Å².